The summed E-state index contributed by atoms with van der Waals surface area (Å²) in [5.74, 6) is -0.314. The largest absolute Gasteiger partial charge is 0.411 e. The Labute approximate surface area is 83.3 Å². The predicted octanol–water partition coefficient (Wildman–Crippen LogP) is 1.01. The minimum absolute atomic E-state index is 0.116. The van der Waals surface area contributed by atoms with E-state index in [9.17, 15) is 17.4 Å². The van der Waals surface area contributed by atoms with Crippen LogP contribution in [0, 0.1) is 0 Å². The van der Waals surface area contributed by atoms with E-state index in [0.29, 0.717) is 0 Å². The van der Waals surface area contributed by atoms with Gasteiger partial charge in [0.25, 0.3) is 0 Å². The topological polar surface area (TPSA) is 52.3 Å². The van der Waals surface area contributed by atoms with Crippen molar-refractivity contribution >= 4 is 10.8 Å². The average Bonchev–Trinajstić information content (AvgIpc) is 1.78. The molecule has 0 radical (unpaired) electrons. The molecule has 0 bridgehead atoms. The Balaban J connectivity index is 3.66. The lowest BCUT2D eigenvalue weighted by atomic mass is 10.1. The smallest absolute Gasteiger partial charge is 0.359 e. The first-order chi connectivity index (χ1) is 6.10. The summed E-state index contributed by atoms with van der Waals surface area (Å²) < 4.78 is 50.1. The third-order valence-corrected chi connectivity index (χ3v) is 2.51. The molecule has 86 valence electrons. The maximum Gasteiger partial charge on any atom is 0.411 e. The van der Waals surface area contributed by atoms with Gasteiger partial charge in [-0.25, -0.2) is 0 Å². The summed E-state index contributed by atoms with van der Waals surface area (Å²) in [5.41, 5.74) is 4.86. The lowest BCUT2D eigenvalue weighted by Crippen LogP contribution is -2.39. The van der Waals surface area contributed by atoms with Crippen LogP contribution in [0.1, 0.15) is 13.8 Å². The van der Waals surface area contributed by atoms with Crippen LogP contribution in [0.3, 0.4) is 0 Å². The van der Waals surface area contributed by atoms with Crippen molar-refractivity contribution in [3.05, 3.63) is 0 Å². The van der Waals surface area contributed by atoms with Crippen LogP contribution >= 0.6 is 0 Å². The second-order valence-electron chi connectivity index (χ2n) is 3.65. The summed E-state index contributed by atoms with van der Waals surface area (Å²) in [5, 5.41) is 0. The maximum absolute atomic E-state index is 11.6. The lowest BCUT2D eigenvalue weighted by molar-refractivity contribution is -0.169. The van der Waals surface area contributed by atoms with Gasteiger partial charge in [-0.15, -0.1) is 0 Å². The molecule has 0 spiro atoms. The third kappa shape index (κ3) is 9.94. The molecular formula is C7H14F3NO2S. The van der Waals surface area contributed by atoms with Crippen molar-refractivity contribution in [1.82, 2.24) is 0 Å². The molecule has 0 aromatic heterocycles. The summed E-state index contributed by atoms with van der Waals surface area (Å²) in [6, 6.07) is 0. The summed E-state index contributed by atoms with van der Waals surface area (Å²) in [4.78, 5) is 0. The second kappa shape index (κ2) is 5.09. The van der Waals surface area contributed by atoms with Crippen molar-refractivity contribution < 1.29 is 22.1 Å². The van der Waals surface area contributed by atoms with Gasteiger partial charge < -0.3 is 10.5 Å². The summed E-state index contributed by atoms with van der Waals surface area (Å²) in [6.45, 7) is 1.92. The van der Waals surface area contributed by atoms with Gasteiger partial charge in [-0.2, -0.15) is 13.2 Å². The highest BCUT2D eigenvalue weighted by atomic mass is 32.2. The van der Waals surface area contributed by atoms with Gasteiger partial charge in [0.05, 0.1) is 0 Å². The Kier molecular flexibility index (Phi) is 5.03. The molecule has 0 saturated carbocycles. The Hall–Kier alpha value is -0.140. The molecule has 0 aromatic carbocycles. The number of alkyl halides is 3. The van der Waals surface area contributed by atoms with Gasteiger partial charge in [-0.3, -0.25) is 4.21 Å². The highest BCUT2D eigenvalue weighted by Crippen LogP contribution is 2.14. The van der Waals surface area contributed by atoms with Gasteiger partial charge in [-0.05, 0) is 13.8 Å². The minimum atomic E-state index is -4.37. The number of ether oxygens (including phenoxy) is 1. The zero-order valence-corrected chi connectivity index (χ0v) is 8.87. The minimum Gasteiger partial charge on any atom is -0.359 e. The molecule has 2 N–H and O–H groups in total. The third-order valence-electron chi connectivity index (χ3n) is 1.01. The fourth-order valence-corrected chi connectivity index (χ4v) is 1.89. The van der Waals surface area contributed by atoms with Crippen molar-refractivity contribution in [3.63, 3.8) is 0 Å². The Morgan fingerprint density at radius 2 is 1.86 bits per heavy atom. The van der Waals surface area contributed by atoms with E-state index in [1.807, 2.05) is 0 Å². The molecule has 1 atom stereocenters. The van der Waals surface area contributed by atoms with Crippen LogP contribution in [-0.2, 0) is 15.5 Å². The molecule has 0 amide bonds. The van der Waals surface area contributed by atoms with E-state index < -0.39 is 35.1 Å². The Morgan fingerprint density at radius 1 is 1.36 bits per heavy atom. The van der Waals surface area contributed by atoms with Gasteiger partial charge in [-0.1, -0.05) is 0 Å². The van der Waals surface area contributed by atoms with Crippen LogP contribution in [0.5, 0.6) is 0 Å². The van der Waals surface area contributed by atoms with Crippen LogP contribution < -0.4 is 5.73 Å². The molecule has 1 unspecified atom stereocenters. The highest BCUT2D eigenvalue weighted by molar-refractivity contribution is 7.84. The second-order valence-corrected chi connectivity index (χ2v) is 5.06. The molecule has 3 nitrogen and oxygen atoms in total. The van der Waals surface area contributed by atoms with Gasteiger partial charge in [0, 0.05) is 22.1 Å². The van der Waals surface area contributed by atoms with Crippen LogP contribution in [-0.4, -0.2) is 34.2 Å². The fraction of sp³-hybridized carbons (Fsp3) is 1.00. The fourth-order valence-electron chi connectivity index (χ4n) is 0.707. The quantitative estimate of drug-likeness (QED) is 0.771. The lowest BCUT2D eigenvalue weighted by Gasteiger charge is -2.17. The van der Waals surface area contributed by atoms with Crippen LogP contribution in [0.4, 0.5) is 13.2 Å². The van der Waals surface area contributed by atoms with Gasteiger partial charge >= 0.3 is 6.18 Å². The molecular weight excluding hydrogens is 219 g/mol. The van der Waals surface area contributed by atoms with E-state index in [-0.39, 0.29) is 5.75 Å². The molecule has 7 heteroatoms. The van der Waals surface area contributed by atoms with Gasteiger partial charge in [0.1, 0.15) is 12.5 Å². The predicted molar refractivity (Wildman–Crippen MR) is 48.1 cm³/mol. The van der Waals surface area contributed by atoms with Crippen molar-refractivity contribution in [2.45, 2.75) is 25.6 Å². The number of hydrogen-bond acceptors (Lipinski definition) is 3. The van der Waals surface area contributed by atoms with E-state index in [1.54, 1.807) is 13.8 Å². The van der Waals surface area contributed by atoms with E-state index >= 15 is 0 Å². The number of halogens is 3. The monoisotopic (exact) mass is 233 g/mol. The highest BCUT2D eigenvalue weighted by Gasteiger charge is 2.28. The molecule has 0 fully saturated rings. The Morgan fingerprint density at radius 3 is 2.21 bits per heavy atom. The van der Waals surface area contributed by atoms with Crippen molar-refractivity contribution in [2.24, 2.45) is 5.73 Å². The van der Waals surface area contributed by atoms with Crippen LogP contribution in [0.2, 0.25) is 0 Å². The van der Waals surface area contributed by atoms with Crippen molar-refractivity contribution in [3.8, 4) is 0 Å². The molecule has 0 heterocycles. The number of hydrogen-bond donors (Lipinski definition) is 1. The number of rotatable bonds is 5. The van der Waals surface area contributed by atoms with E-state index in [2.05, 4.69) is 4.74 Å². The first-order valence-corrected chi connectivity index (χ1v) is 5.37. The first kappa shape index (κ1) is 13.9. The standard InChI is InChI=1S/C7H14F3NO2S/c1-6(2,11)4-14(12)5-13-3-7(8,9)10/h3-5,11H2,1-2H3. The first-order valence-electron chi connectivity index (χ1n) is 3.88. The summed E-state index contributed by atoms with van der Waals surface area (Å²) in [6.07, 6.45) is -4.37. The van der Waals surface area contributed by atoms with E-state index in [0.717, 1.165) is 0 Å². The molecule has 0 aromatic rings. The summed E-state index contributed by atoms with van der Waals surface area (Å²) in [7, 11) is -1.47. The Bertz CT molecular complexity index is 200. The molecule has 0 saturated heterocycles. The zero-order chi connectivity index (χ0) is 11.4. The van der Waals surface area contributed by atoms with E-state index in [4.69, 9.17) is 5.73 Å². The maximum atomic E-state index is 11.6. The van der Waals surface area contributed by atoms with Crippen LogP contribution in [0.15, 0.2) is 0 Å². The normalized spacial score (nSPS) is 15.6. The SMILES string of the molecule is CC(C)(N)CS(=O)COCC(F)(F)F. The zero-order valence-electron chi connectivity index (χ0n) is 8.06. The average molecular weight is 233 g/mol. The molecule has 0 aliphatic rings. The van der Waals surface area contributed by atoms with Crippen LogP contribution in [0.25, 0.3) is 0 Å². The van der Waals surface area contributed by atoms with Gasteiger partial charge in [0.15, 0.2) is 0 Å². The molecule has 0 aliphatic carbocycles. The molecule has 0 rings (SSSR count). The van der Waals surface area contributed by atoms with Crippen molar-refractivity contribution in [2.75, 3.05) is 18.3 Å². The van der Waals surface area contributed by atoms with Gasteiger partial charge in [0.2, 0.25) is 0 Å². The molecule has 0 aliphatic heterocycles. The summed E-state index contributed by atoms with van der Waals surface area (Å²) >= 11 is 0. The van der Waals surface area contributed by atoms with Crippen molar-refractivity contribution in [1.29, 1.82) is 0 Å². The number of nitrogens with two attached hydrogens (primary N) is 1. The molecule has 14 heavy (non-hydrogen) atoms. The van der Waals surface area contributed by atoms with E-state index in [1.165, 1.54) is 0 Å².